The van der Waals surface area contributed by atoms with Crippen LogP contribution in [0.1, 0.15) is 50.4 Å². The van der Waals surface area contributed by atoms with Gasteiger partial charge in [-0.25, -0.2) is 0 Å². The molecule has 0 saturated carbocycles. The summed E-state index contributed by atoms with van der Waals surface area (Å²) in [4.78, 5) is 15.9. The van der Waals surface area contributed by atoms with Gasteiger partial charge in [-0.2, -0.15) is 0 Å². The summed E-state index contributed by atoms with van der Waals surface area (Å²) >= 11 is 0. The Morgan fingerprint density at radius 1 is 1.15 bits per heavy atom. The summed E-state index contributed by atoms with van der Waals surface area (Å²) in [6, 6.07) is 9.55. The first-order valence-electron chi connectivity index (χ1n) is 9.75. The average Bonchev–Trinajstić information content (AvgIpc) is 2.61. The van der Waals surface area contributed by atoms with E-state index in [-0.39, 0.29) is 17.1 Å². The number of nitrogens with one attached hydrogen (secondary N) is 1. The van der Waals surface area contributed by atoms with Gasteiger partial charge < -0.3 is 14.5 Å². The summed E-state index contributed by atoms with van der Waals surface area (Å²) < 4.78 is 6.21. The highest BCUT2D eigenvalue weighted by Gasteiger charge is 2.36. The highest BCUT2D eigenvalue weighted by atomic mass is 16.5. The van der Waals surface area contributed by atoms with Crippen molar-refractivity contribution in [2.75, 3.05) is 32.7 Å². The third kappa shape index (κ3) is 4.87. The second-order valence-corrected chi connectivity index (χ2v) is 8.33. The Bertz CT molecular complexity index is 681. The molecule has 0 unspecified atom stereocenters. The summed E-state index contributed by atoms with van der Waals surface area (Å²) in [5.41, 5.74) is 0.394. The fourth-order valence-corrected chi connectivity index (χ4v) is 3.97. The van der Waals surface area contributed by atoms with E-state index in [2.05, 4.69) is 32.6 Å². The van der Waals surface area contributed by atoms with E-state index in [1.165, 1.54) is 11.3 Å². The zero-order chi connectivity index (χ0) is 18.6. The number of hydrogen-bond donors (Lipinski definition) is 1. The van der Waals surface area contributed by atoms with Crippen LogP contribution in [0.5, 0.6) is 0 Å². The first kappa shape index (κ1) is 18.9. The van der Waals surface area contributed by atoms with Gasteiger partial charge in [0.15, 0.2) is 0 Å². The van der Waals surface area contributed by atoms with E-state index >= 15 is 0 Å². The van der Waals surface area contributed by atoms with Crippen molar-refractivity contribution in [1.82, 2.24) is 4.90 Å². The minimum atomic E-state index is -0.313. The van der Waals surface area contributed by atoms with Crippen LogP contribution >= 0.6 is 0 Å². The number of carbonyl (C=O) groups excluding carboxylic acids is 1. The van der Waals surface area contributed by atoms with Crippen LogP contribution in [-0.4, -0.2) is 54.7 Å². The van der Waals surface area contributed by atoms with Crippen molar-refractivity contribution in [3.8, 4) is 11.8 Å². The van der Waals surface area contributed by atoms with Crippen molar-refractivity contribution < 1.29 is 14.4 Å². The fourth-order valence-electron chi connectivity index (χ4n) is 3.97. The summed E-state index contributed by atoms with van der Waals surface area (Å²) in [6.45, 7) is 10.8. The van der Waals surface area contributed by atoms with Gasteiger partial charge in [0.1, 0.15) is 12.1 Å². The molecule has 2 aliphatic heterocycles. The molecule has 3 rings (SSSR count). The molecule has 1 amide bonds. The standard InChI is InChI=1S/C22H30N2O2/c1-21(2)11-7-12-22(3,26-21)13-8-14-23-15-17-24(18-16-23)20(25)19-9-5-4-6-10-19/h4-6,9-10H,7,11-12,14-18H2,1-3H3/p+1/t22-/m1/s1. The first-order valence-corrected chi connectivity index (χ1v) is 9.75. The Morgan fingerprint density at radius 2 is 1.85 bits per heavy atom. The molecular formula is C22H31N2O2+. The minimum Gasteiger partial charge on any atom is -0.357 e. The normalized spacial score (nSPS) is 26.0. The first-order chi connectivity index (χ1) is 12.4. The molecule has 0 radical (unpaired) electrons. The molecule has 2 fully saturated rings. The largest absolute Gasteiger partial charge is 0.357 e. The van der Waals surface area contributed by atoms with Gasteiger partial charge in [0, 0.05) is 5.56 Å². The van der Waals surface area contributed by atoms with Crippen LogP contribution in [0.15, 0.2) is 30.3 Å². The van der Waals surface area contributed by atoms with Crippen LogP contribution in [0.4, 0.5) is 0 Å². The molecule has 2 aliphatic rings. The molecule has 1 atom stereocenters. The number of piperazine rings is 1. The van der Waals surface area contributed by atoms with Gasteiger partial charge in [0.2, 0.25) is 0 Å². The van der Waals surface area contributed by atoms with Crippen LogP contribution < -0.4 is 4.90 Å². The molecule has 0 spiro atoms. The van der Waals surface area contributed by atoms with Crippen molar-refractivity contribution >= 4 is 5.91 Å². The second-order valence-electron chi connectivity index (χ2n) is 8.33. The van der Waals surface area contributed by atoms with Crippen LogP contribution in [0.2, 0.25) is 0 Å². The van der Waals surface area contributed by atoms with Crippen molar-refractivity contribution in [2.45, 2.75) is 51.2 Å². The molecule has 1 aromatic carbocycles. The van der Waals surface area contributed by atoms with Gasteiger partial charge >= 0.3 is 0 Å². The van der Waals surface area contributed by atoms with Crippen molar-refractivity contribution in [1.29, 1.82) is 0 Å². The number of quaternary nitrogens is 1. The van der Waals surface area contributed by atoms with Crippen LogP contribution in [0.3, 0.4) is 0 Å². The lowest BCUT2D eigenvalue weighted by Gasteiger charge is -2.40. The summed E-state index contributed by atoms with van der Waals surface area (Å²) in [7, 11) is 0. The van der Waals surface area contributed by atoms with Gasteiger partial charge in [-0.15, -0.1) is 0 Å². The van der Waals surface area contributed by atoms with Crippen LogP contribution in [0, 0.1) is 11.8 Å². The molecule has 0 aromatic heterocycles. The number of amides is 1. The van der Waals surface area contributed by atoms with Crippen molar-refractivity contribution in [2.24, 2.45) is 0 Å². The predicted molar refractivity (Wildman–Crippen MR) is 103 cm³/mol. The Morgan fingerprint density at radius 3 is 2.50 bits per heavy atom. The summed E-state index contributed by atoms with van der Waals surface area (Å²) in [5.74, 6) is 6.89. The zero-order valence-electron chi connectivity index (χ0n) is 16.3. The van der Waals surface area contributed by atoms with E-state index in [9.17, 15) is 4.79 Å². The molecular weight excluding hydrogens is 324 g/mol. The number of hydrogen-bond acceptors (Lipinski definition) is 2. The number of nitrogens with zero attached hydrogens (tertiary/aromatic N) is 1. The second kappa shape index (κ2) is 7.82. The maximum atomic E-state index is 12.5. The van der Waals surface area contributed by atoms with Crippen molar-refractivity contribution in [3.05, 3.63) is 35.9 Å². The number of benzene rings is 1. The lowest BCUT2D eigenvalue weighted by molar-refractivity contribution is -0.896. The molecule has 4 heteroatoms. The molecule has 2 heterocycles. The van der Waals surface area contributed by atoms with E-state index in [0.29, 0.717) is 0 Å². The summed E-state index contributed by atoms with van der Waals surface area (Å²) in [5, 5.41) is 0. The topological polar surface area (TPSA) is 34.0 Å². The van der Waals surface area contributed by atoms with Gasteiger partial charge in [-0.05, 0) is 58.1 Å². The Kier molecular flexibility index (Phi) is 5.70. The molecule has 1 N–H and O–H groups in total. The Balaban J connectivity index is 1.48. The van der Waals surface area contributed by atoms with E-state index in [1.54, 1.807) is 0 Å². The van der Waals surface area contributed by atoms with E-state index in [1.807, 2.05) is 35.2 Å². The lowest BCUT2D eigenvalue weighted by atomic mass is 9.88. The Labute approximate surface area is 157 Å². The van der Waals surface area contributed by atoms with E-state index < -0.39 is 0 Å². The van der Waals surface area contributed by atoms with Crippen LogP contribution in [-0.2, 0) is 4.74 Å². The van der Waals surface area contributed by atoms with Crippen molar-refractivity contribution in [3.63, 3.8) is 0 Å². The molecule has 4 nitrogen and oxygen atoms in total. The SMILES string of the molecule is CC1(C)CCC[C@](C)(C#CC[NH+]2CCN(C(=O)c3ccccc3)CC2)O1. The number of ether oxygens (including phenoxy) is 1. The fraction of sp³-hybridized carbons (Fsp3) is 0.591. The number of carbonyl (C=O) groups is 1. The highest BCUT2D eigenvalue weighted by molar-refractivity contribution is 5.94. The molecule has 140 valence electrons. The lowest BCUT2D eigenvalue weighted by Crippen LogP contribution is -3.14. The highest BCUT2D eigenvalue weighted by Crippen LogP contribution is 2.34. The maximum absolute atomic E-state index is 12.5. The molecule has 26 heavy (non-hydrogen) atoms. The minimum absolute atomic E-state index is 0.0715. The van der Waals surface area contributed by atoms with Gasteiger partial charge in [-0.3, -0.25) is 4.79 Å². The third-order valence-corrected chi connectivity index (χ3v) is 5.40. The maximum Gasteiger partial charge on any atom is 0.254 e. The summed E-state index contributed by atoms with van der Waals surface area (Å²) in [6.07, 6.45) is 3.29. The predicted octanol–water partition coefficient (Wildman–Crippen LogP) is 1.77. The molecule has 0 aliphatic carbocycles. The monoisotopic (exact) mass is 355 g/mol. The van der Waals surface area contributed by atoms with E-state index in [0.717, 1.165) is 51.1 Å². The molecule has 0 bridgehead atoms. The van der Waals surface area contributed by atoms with Gasteiger partial charge in [0.25, 0.3) is 5.91 Å². The quantitative estimate of drug-likeness (QED) is 0.821. The van der Waals surface area contributed by atoms with E-state index in [4.69, 9.17) is 4.74 Å². The Hall–Kier alpha value is -1.83. The smallest absolute Gasteiger partial charge is 0.254 e. The molecule has 2 saturated heterocycles. The number of rotatable bonds is 2. The third-order valence-electron chi connectivity index (χ3n) is 5.40. The van der Waals surface area contributed by atoms with Gasteiger partial charge in [-0.1, -0.05) is 24.1 Å². The van der Waals surface area contributed by atoms with Gasteiger partial charge in [0.05, 0.1) is 31.8 Å². The molecule has 1 aromatic rings. The zero-order valence-corrected chi connectivity index (χ0v) is 16.3. The van der Waals surface area contributed by atoms with Crippen LogP contribution in [0.25, 0.3) is 0 Å². The average molecular weight is 356 g/mol.